The normalized spacial score (nSPS) is 27.2. The first-order valence-electron chi connectivity index (χ1n) is 9.42. The van der Waals surface area contributed by atoms with Gasteiger partial charge in [-0.3, -0.25) is 4.90 Å². The highest BCUT2D eigenvalue weighted by Gasteiger charge is 2.45. The van der Waals surface area contributed by atoms with E-state index in [1.807, 2.05) is 19.2 Å². The Bertz CT molecular complexity index is 748. The van der Waals surface area contributed by atoms with Crippen molar-refractivity contribution in [3.05, 3.63) is 36.0 Å². The predicted molar refractivity (Wildman–Crippen MR) is 99.9 cm³/mol. The fourth-order valence-corrected chi connectivity index (χ4v) is 4.98. The van der Waals surface area contributed by atoms with E-state index in [2.05, 4.69) is 23.1 Å². The molecule has 2 aromatic rings. The number of pyridine rings is 1. The molecule has 0 unspecified atom stereocenters. The minimum Gasteiger partial charge on any atom is -0.494 e. The number of benzene rings is 1. The van der Waals surface area contributed by atoms with E-state index in [0.717, 1.165) is 42.0 Å². The van der Waals surface area contributed by atoms with Gasteiger partial charge in [0.05, 0.1) is 18.9 Å². The molecular weight excluding hydrogens is 312 g/mol. The van der Waals surface area contributed by atoms with Crippen LogP contribution < -0.4 is 4.74 Å². The summed E-state index contributed by atoms with van der Waals surface area (Å²) in [7, 11) is 3.59. The molecule has 1 saturated heterocycles. The van der Waals surface area contributed by atoms with Crippen LogP contribution in [0, 0.1) is 5.41 Å². The van der Waals surface area contributed by atoms with Gasteiger partial charge >= 0.3 is 0 Å². The van der Waals surface area contributed by atoms with E-state index in [1.165, 1.54) is 32.1 Å². The number of para-hydroxylation sites is 1. The van der Waals surface area contributed by atoms with Crippen LogP contribution in [0.15, 0.2) is 30.3 Å². The van der Waals surface area contributed by atoms with Crippen molar-refractivity contribution < 1.29 is 9.47 Å². The fraction of sp³-hybridized carbons (Fsp3) is 0.571. The van der Waals surface area contributed by atoms with Crippen LogP contribution in [0.4, 0.5) is 0 Å². The van der Waals surface area contributed by atoms with Gasteiger partial charge in [0, 0.05) is 31.0 Å². The quantitative estimate of drug-likeness (QED) is 0.842. The number of aromatic nitrogens is 1. The van der Waals surface area contributed by atoms with Crippen molar-refractivity contribution in [3.8, 4) is 5.75 Å². The summed E-state index contributed by atoms with van der Waals surface area (Å²) in [6, 6.07) is 10.4. The molecule has 1 aliphatic carbocycles. The minimum atomic E-state index is 0.363. The summed E-state index contributed by atoms with van der Waals surface area (Å²) >= 11 is 0. The molecule has 2 fully saturated rings. The molecule has 0 bridgehead atoms. The van der Waals surface area contributed by atoms with Crippen molar-refractivity contribution in [1.82, 2.24) is 9.88 Å². The SMILES string of the molecule is COc1cccc2ccc(CN3CCC[C@@]4(CCC[C@H]4OC)C3)nc12. The average Bonchev–Trinajstić information content (AvgIpc) is 3.02. The Morgan fingerprint density at radius 3 is 2.88 bits per heavy atom. The van der Waals surface area contributed by atoms with Crippen molar-refractivity contribution in [2.75, 3.05) is 27.3 Å². The summed E-state index contributed by atoms with van der Waals surface area (Å²) in [5.41, 5.74) is 2.45. The molecule has 0 amide bonds. The fourth-order valence-electron chi connectivity index (χ4n) is 4.98. The van der Waals surface area contributed by atoms with E-state index < -0.39 is 0 Å². The van der Waals surface area contributed by atoms with Crippen molar-refractivity contribution >= 4 is 10.9 Å². The zero-order chi connectivity index (χ0) is 17.3. The average molecular weight is 340 g/mol. The van der Waals surface area contributed by atoms with Gasteiger partial charge in [0.15, 0.2) is 0 Å². The van der Waals surface area contributed by atoms with E-state index in [1.54, 1.807) is 7.11 Å². The molecule has 0 N–H and O–H groups in total. The van der Waals surface area contributed by atoms with Crippen LogP contribution in [0.3, 0.4) is 0 Å². The highest BCUT2D eigenvalue weighted by atomic mass is 16.5. The Kier molecular flexibility index (Phi) is 4.65. The monoisotopic (exact) mass is 340 g/mol. The number of methoxy groups -OCH3 is 2. The summed E-state index contributed by atoms with van der Waals surface area (Å²) in [6.45, 7) is 3.20. The third-order valence-electron chi connectivity index (χ3n) is 6.14. The molecule has 4 nitrogen and oxygen atoms in total. The second-order valence-corrected chi connectivity index (χ2v) is 7.63. The van der Waals surface area contributed by atoms with Crippen LogP contribution in [-0.2, 0) is 11.3 Å². The second kappa shape index (κ2) is 6.93. The van der Waals surface area contributed by atoms with E-state index in [4.69, 9.17) is 14.5 Å². The number of hydrogen-bond acceptors (Lipinski definition) is 4. The molecule has 4 heteroatoms. The zero-order valence-electron chi connectivity index (χ0n) is 15.3. The van der Waals surface area contributed by atoms with Gasteiger partial charge in [0.2, 0.25) is 0 Å². The van der Waals surface area contributed by atoms with Gasteiger partial charge in [-0.1, -0.05) is 24.6 Å². The molecule has 1 saturated carbocycles. The molecular formula is C21H28N2O2. The van der Waals surface area contributed by atoms with Gasteiger partial charge in [-0.05, 0) is 44.4 Å². The largest absolute Gasteiger partial charge is 0.494 e. The summed E-state index contributed by atoms with van der Waals surface area (Å²) < 4.78 is 11.3. The molecule has 4 rings (SSSR count). The number of fused-ring (bicyclic) bond motifs is 1. The van der Waals surface area contributed by atoms with Crippen LogP contribution in [0.5, 0.6) is 5.75 Å². The molecule has 2 heterocycles. The van der Waals surface area contributed by atoms with Crippen molar-refractivity contribution in [2.24, 2.45) is 5.41 Å². The number of nitrogens with zero attached hydrogens (tertiary/aromatic N) is 2. The van der Waals surface area contributed by atoms with Gasteiger partial charge in [-0.2, -0.15) is 0 Å². The predicted octanol–water partition coefficient (Wildman–Crippen LogP) is 4.02. The third-order valence-corrected chi connectivity index (χ3v) is 6.14. The Morgan fingerprint density at radius 2 is 2.04 bits per heavy atom. The Hall–Kier alpha value is -1.65. The van der Waals surface area contributed by atoms with Crippen LogP contribution >= 0.6 is 0 Å². The maximum atomic E-state index is 5.83. The third kappa shape index (κ3) is 3.13. The van der Waals surface area contributed by atoms with Gasteiger partial charge < -0.3 is 9.47 Å². The van der Waals surface area contributed by atoms with E-state index in [0.29, 0.717) is 11.5 Å². The molecule has 1 spiro atoms. The summed E-state index contributed by atoms with van der Waals surface area (Å²) in [5.74, 6) is 0.852. The number of likely N-dealkylation sites (tertiary alicyclic amines) is 1. The lowest BCUT2D eigenvalue weighted by molar-refractivity contribution is -0.0368. The van der Waals surface area contributed by atoms with Crippen molar-refractivity contribution in [3.63, 3.8) is 0 Å². The second-order valence-electron chi connectivity index (χ2n) is 7.63. The minimum absolute atomic E-state index is 0.363. The summed E-state index contributed by atoms with van der Waals surface area (Å²) in [5, 5.41) is 1.13. The van der Waals surface area contributed by atoms with Crippen LogP contribution in [0.1, 0.15) is 37.8 Å². The molecule has 25 heavy (non-hydrogen) atoms. The standard InChI is InChI=1S/C21H28N2O2/c1-24-18-7-3-6-16-9-10-17(22-20(16)18)14-23-13-5-12-21(15-23)11-4-8-19(21)25-2/h3,6-7,9-10,19H,4-5,8,11-15H2,1-2H3/t19-,21+/m1/s1. The molecule has 2 atom stereocenters. The smallest absolute Gasteiger partial charge is 0.145 e. The highest BCUT2D eigenvalue weighted by Crippen LogP contribution is 2.46. The molecule has 1 aliphatic heterocycles. The lowest BCUT2D eigenvalue weighted by atomic mass is 9.76. The maximum Gasteiger partial charge on any atom is 0.145 e. The maximum absolute atomic E-state index is 5.83. The van der Waals surface area contributed by atoms with Gasteiger partial charge in [0.25, 0.3) is 0 Å². The van der Waals surface area contributed by atoms with Crippen LogP contribution in [0.2, 0.25) is 0 Å². The highest BCUT2D eigenvalue weighted by molar-refractivity contribution is 5.84. The Morgan fingerprint density at radius 1 is 1.16 bits per heavy atom. The summed E-state index contributed by atoms with van der Waals surface area (Å²) in [4.78, 5) is 7.47. The molecule has 134 valence electrons. The van der Waals surface area contributed by atoms with Gasteiger partial charge in [0.1, 0.15) is 11.3 Å². The number of ether oxygens (including phenoxy) is 2. The lowest BCUT2D eigenvalue weighted by Crippen LogP contribution is -2.47. The first kappa shape index (κ1) is 16.8. The van der Waals surface area contributed by atoms with Gasteiger partial charge in [-0.25, -0.2) is 4.98 Å². The zero-order valence-corrected chi connectivity index (χ0v) is 15.3. The molecule has 1 aromatic carbocycles. The number of hydrogen-bond donors (Lipinski definition) is 0. The summed E-state index contributed by atoms with van der Waals surface area (Å²) in [6.07, 6.45) is 6.83. The topological polar surface area (TPSA) is 34.6 Å². The first-order chi connectivity index (χ1) is 12.2. The van der Waals surface area contributed by atoms with Gasteiger partial charge in [-0.15, -0.1) is 0 Å². The van der Waals surface area contributed by atoms with E-state index in [9.17, 15) is 0 Å². The molecule has 0 radical (unpaired) electrons. The van der Waals surface area contributed by atoms with Crippen molar-refractivity contribution in [2.45, 2.75) is 44.8 Å². The van der Waals surface area contributed by atoms with E-state index in [-0.39, 0.29) is 0 Å². The van der Waals surface area contributed by atoms with Crippen molar-refractivity contribution in [1.29, 1.82) is 0 Å². The Balaban J connectivity index is 1.54. The lowest BCUT2D eigenvalue weighted by Gasteiger charge is -2.43. The van der Waals surface area contributed by atoms with Crippen LogP contribution in [0.25, 0.3) is 10.9 Å². The molecule has 1 aromatic heterocycles. The molecule has 2 aliphatic rings. The number of piperidine rings is 1. The van der Waals surface area contributed by atoms with E-state index >= 15 is 0 Å². The van der Waals surface area contributed by atoms with Crippen LogP contribution in [-0.4, -0.2) is 43.3 Å². The first-order valence-corrected chi connectivity index (χ1v) is 9.42. The number of rotatable bonds is 4. The Labute approximate surface area is 150 Å².